The van der Waals surface area contributed by atoms with E-state index >= 15 is 0 Å². The lowest BCUT2D eigenvalue weighted by atomic mass is 10.1. The summed E-state index contributed by atoms with van der Waals surface area (Å²) in [4.78, 5) is 10.8. The Labute approximate surface area is 81.2 Å². The van der Waals surface area contributed by atoms with E-state index in [1.165, 1.54) is 0 Å². The summed E-state index contributed by atoms with van der Waals surface area (Å²) in [7, 11) is 0. The number of aldehydes is 1. The van der Waals surface area contributed by atoms with Crippen molar-refractivity contribution in [1.29, 1.82) is 5.26 Å². The highest BCUT2D eigenvalue weighted by Crippen LogP contribution is 2.18. The van der Waals surface area contributed by atoms with Gasteiger partial charge in [0.25, 0.3) is 0 Å². The maximum absolute atomic E-state index is 10.8. The molecule has 0 atom stereocenters. The molecule has 0 spiro atoms. The predicted molar refractivity (Wildman–Crippen MR) is 52.9 cm³/mol. The van der Waals surface area contributed by atoms with E-state index < -0.39 is 0 Å². The van der Waals surface area contributed by atoms with Crippen molar-refractivity contribution in [2.45, 2.75) is 6.54 Å². The third-order valence-corrected chi connectivity index (χ3v) is 2.19. The summed E-state index contributed by atoms with van der Waals surface area (Å²) in [6.07, 6.45) is 2.64. The van der Waals surface area contributed by atoms with Crippen LogP contribution in [0.25, 0.3) is 10.9 Å². The van der Waals surface area contributed by atoms with Crippen molar-refractivity contribution in [2.75, 3.05) is 0 Å². The Morgan fingerprint density at radius 3 is 3.00 bits per heavy atom. The summed E-state index contributed by atoms with van der Waals surface area (Å²) >= 11 is 0. The van der Waals surface area contributed by atoms with Gasteiger partial charge in [-0.1, -0.05) is 12.1 Å². The van der Waals surface area contributed by atoms with Gasteiger partial charge in [-0.05, 0) is 12.1 Å². The Bertz CT molecular complexity index is 520. The molecule has 0 unspecified atom stereocenters. The molecule has 1 aromatic carbocycles. The zero-order valence-corrected chi connectivity index (χ0v) is 7.47. The van der Waals surface area contributed by atoms with Crippen molar-refractivity contribution in [3.63, 3.8) is 0 Å². The molecule has 0 amide bonds. The number of nitriles is 1. The molecule has 0 saturated carbocycles. The molecule has 1 heterocycles. The number of hydrogen-bond acceptors (Lipinski definition) is 2. The number of benzene rings is 1. The first-order valence-electron chi connectivity index (χ1n) is 4.27. The Morgan fingerprint density at radius 1 is 1.43 bits per heavy atom. The van der Waals surface area contributed by atoms with Gasteiger partial charge in [0.05, 0.1) is 11.6 Å². The van der Waals surface area contributed by atoms with Crippen LogP contribution in [0.2, 0.25) is 0 Å². The van der Waals surface area contributed by atoms with Crippen molar-refractivity contribution in [3.05, 3.63) is 36.0 Å². The van der Waals surface area contributed by atoms with Crippen LogP contribution in [0.3, 0.4) is 0 Å². The standard InChI is InChI=1S/C11H8N2O/c12-5-7-13-6-4-9-2-1-3-10(8-14)11(9)13/h1-4,6,8H,7H2. The fraction of sp³-hybridized carbons (Fsp3) is 0.0909. The maximum Gasteiger partial charge on any atom is 0.152 e. The van der Waals surface area contributed by atoms with Gasteiger partial charge in [0.2, 0.25) is 0 Å². The molecule has 0 radical (unpaired) electrons. The Kier molecular flexibility index (Phi) is 2.04. The van der Waals surface area contributed by atoms with Gasteiger partial charge in [0, 0.05) is 17.1 Å². The lowest BCUT2D eigenvalue weighted by Gasteiger charge is -2.00. The second kappa shape index (κ2) is 3.35. The molecule has 0 aliphatic carbocycles. The normalized spacial score (nSPS) is 9.93. The van der Waals surface area contributed by atoms with Gasteiger partial charge in [0.15, 0.2) is 6.29 Å². The fourth-order valence-electron chi connectivity index (χ4n) is 1.59. The van der Waals surface area contributed by atoms with Gasteiger partial charge < -0.3 is 4.57 Å². The van der Waals surface area contributed by atoms with Crippen LogP contribution >= 0.6 is 0 Å². The first kappa shape index (κ1) is 8.52. The highest BCUT2D eigenvalue weighted by Gasteiger charge is 2.04. The first-order valence-corrected chi connectivity index (χ1v) is 4.27. The number of hydrogen-bond donors (Lipinski definition) is 0. The van der Waals surface area contributed by atoms with Crippen LogP contribution in [0.5, 0.6) is 0 Å². The largest absolute Gasteiger partial charge is 0.333 e. The molecule has 0 fully saturated rings. The van der Waals surface area contributed by atoms with Crippen molar-refractivity contribution < 1.29 is 4.79 Å². The van der Waals surface area contributed by atoms with Gasteiger partial charge in [0.1, 0.15) is 6.54 Å². The van der Waals surface area contributed by atoms with Crippen LogP contribution in [0.1, 0.15) is 10.4 Å². The third-order valence-electron chi connectivity index (χ3n) is 2.19. The van der Waals surface area contributed by atoms with E-state index in [0.717, 1.165) is 17.2 Å². The SMILES string of the molecule is N#CCn1ccc2cccc(C=O)c21. The van der Waals surface area contributed by atoms with Crippen molar-refractivity contribution in [3.8, 4) is 6.07 Å². The van der Waals surface area contributed by atoms with Gasteiger partial charge in [-0.2, -0.15) is 5.26 Å². The van der Waals surface area contributed by atoms with Crippen LogP contribution < -0.4 is 0 Å². The molecular formula is C11H8N2O. The molecule has 68 valence electrons. The van der Waals surface area contributed by atoms with Gasteiger partial charge >= 0.3 is 0 Å². The van der Waals surface area contributed by atoms with E-state index in [1.54, 1.807) is 10.6 Å². The molecule has 0 bridgehead atoms. The molecule has 0 aliphatic rings. The monoisotopic (exact) mass is 184 g/mol. The number of para-hydroxylation sites is 1. The van der Waals surface area contributed by atoms with Crippen LogP contribution in [-0.2, 0) is 6.54 Å². The number of rotatable bonds is 2. The second-order valence-electron chi connectivity index (χ2n) is 3.00. The molecular weight excluding hydrogens is 176 g/mol. The lowest BCUT2D eigenvalue weighted by Crippen LogP contribution is -1.95. The highest BCUT2D eigenvalue weighted by atomic mass is 16.1. The Balaban J connectivity index is 2.75. The quantitative estimate of drug-likeness (QED) is 0.670. The number of carbonyl (C=O) groups is 1. The third kappa shape index (κ3) is 1.17. The molecule has 0 aliphatic heterocycles. The number of aromatic nitrogens is 1. The summed E-state index contributed by atoms with van der Waals surface area (Å²) < 4.78 is 1.78. The van der Waals surface area contributed by atoms with E-state index in [0.29, 0.717) is 5.56 Å². The van der Waals surface area contributed by atoms with Crippen LogP contribution in [0, 0.1) is 11.3 Å². The first-order chi connectivity index (χ1) is 6.86. The highest BCUT2D eigenvalue weighted by molar-refractivity contribution is 5.96. The van der Waals surface area contributed by atoms with Crippen LogP contribution in [0.15, 0.2) is 30.5 Å². The minimum atomic E-state index is 0.272. The van der Waals surface area contributed by atoms with Crippen molar-refractivity contribution in [1.82, 2.24) is 4.57 Å². The molecule has 3 heteroatoms. The van der Waals surface area contributed by atoms with Crippen LogP contribution in [-0.4, -0.2) is 10.9 Å². The second-order valence-corrected chi connectivity index (χ2v) is 3.00. The lowest BCUT2D eigenvalue weighted by molar-refractivity contribution is 0.112. The molecule has 2 aromatic rings. The van der Waals surface area contributed by atoms with E-state index in [1.807, 2.05) is 24.4 Å². The molecule has 0 N–H and O–H groups in total. The minimum absolute atomic E-state index is 0.272. The van der Waals surface area contributed by atoms with Crippen molar-refractivity contribution in [2.24, 2.45) is 0 Å². The maximum atomic E-state index is 10.8. The average molecular weight is 184 g/mol. The summed E-state index contributed by atoms with van der Waals surface area (Å²) in [6.45, 7) is 0.272. The number of fused-ring (bicyclic) bond motifs is 1. The summed E-state index contributed by atoms with van der Waals surface area (Å²) in [6, 6.07) is 9.48. The topological polar surface area (TPSA) is 45.8 Å². The minimum Gasteiger partial charge on any atom is -0.333 e. The average Bonchev–Trinajstić information content (AvgIpc) is 2.62. The molecule has 3 nitrogen and oxygen atoms in total. The Morgan fingerprint density at radius 2 is 2.29 bits per heavy atom. The van der Waals surface area contributed by atoms with Crippen LogP contribution in [0.4, 0.5) is 0 Å². The van der Waals surface area contributed by atoms with Gasteiger partial charge in [-0.25, -0.2) is 0 Å². The fourth-order valence-corrected chi connectivity index (χ4v) is 1.59. The molecule has 14 heavy (non-hydrogen) atoms. The summed E-state index contributed by atoms with van der Waals surface area (Å²) in [5, 5.41) is 9.59. The summed E-state index contributed by atoms with van der Waals surface area (Å²) in [5.41, 5.74) is 1.46. The number of nitrogens with zero attached hydrogens (tertiary/aromatic N) is 2. The Hall–Kier alpha value is -2.08. The van der Waals surface area contributed by atoms with E-state index in [-0.39, 0.29) is 6.54 Å². The molecule has 2 rings (SSSR count). The van der Waals surface area contributed by atoms with E-state index in [9.17, 15) is 4.79 Å². The predicted octanol–water partition coefficient (Wildman–Crippen LogP) is 1.98. The molecule has 0 saturated heterocycles. The number of carbonyl (C=O) groups excluding carboxylic acids is 1. The zero-order chi connectivity index (χ0) is 9.97. The molecule has 1 aromatic heterocycles. The van der Waals surface area contributed by atoms with E-state index in [2.05, 4.69) is 6.07 Å². The van der Waals surface area contributed by atoms with Gasteiger partial charge in [-0.3, -0.25) is 4.79 Å². The summed E-state index contributed by atoms with van der Waals surface area (Å²) in [5.74, 6) is 0. The van der Waals surface area contributed by atoms with Crippen molar-refractivity contribution >= 4 is 17.2 Å². The van der Waals surface area contributed by atoms with Gasteiger partial charge in [-0.15, -0.1) is 0 Å². The smallest absolute Gasteiger partial charge is 0.152 e. The zero-order valence-electron chi connectivity index (χ0n) is 7.47. The van der Waals surface area contributed by atoms with E-state index in [4.69, 9.17) is 5.26 Å².